The number of nitrogen functional groups attached to an aromatic ring is 1. The Morgan fingerprint density at radius 3 is 2.18 bits per heavy atom. The summed E-state index contributed by atoms with van der Waals surface area (Å²) in [6, 6.07) is 30.0. The van der Waals surface area contributed by atoms with Gasteiger partial charge in [0.2, 0.25) is 11.9 Å². The monoisotopic (exact) mass is 466 g/mol. The first-order valence-corrected chi connectivity index (χ1v) is 11.7. The highest BCUT2D eigenvalue weighted by Crippen LogP contribution is 2.27. The van der Waals surface area contributed by atoms with Crippen molar-refractivity contribution in [3.63, 3.8) is 0 Å². The minimum atomic E-state index is 0.166. The van der Waals surface area contributed by atoms with Crippen LogP contribution in [0.25, 0.3) is 11.4 Å². The molecule has 0 amide bonds. The number of hydrogen-bond donors (Lipinski definition) is 2. The van der Waals surface area contributed by atoms with Crippen LogP contribution in [0.3, 0.4) is 0 Å². The largest absolute Gasteiger partial charge is 0.368 e. The van der Waals surface area contributed by atoms with Gasteiger partial charge in [0.25, 0.3) is 0 Å². The average Bonchev–Trinajstić information content (AvgIpc) is 3.26. The zero-order valence-corrected chi connectivity index (χ0v) is 19.1. The van der Waals surface area contributed by atoms with Crippen molar-refractivity contribution in [2.75, 3.05) is 11.1 Å². The Balaban J connectivity index is 1.40. The molecule has 3 N–H and O–H groups in total. The molecular formula is C25H22N8S. The molecule has 9 heteroatoms. The molecule has 34 heavy (non-hydrogen) atoms. The number of anilines is 3. The summed E-state index contributed by atoms with van der Waals surface area (Å²) in [4.78, 5) is 13.0. The van der Waals surface area contributed by atoms with Crippen LogP contribution in [0.1, 0.15) is 11.4 Å². The molecule has 0 saturated heterocycles. The van der Waals surface area contributed by atoms with E-state index in [0.29, 0.717) is 24.1 Å². The maximum absolute atomic E-state index is 5.95. The number of benzene rings is 3. The number of nitrogens with two attached hydrogens (primary N) is 1. The van der Waals surface area contributed by atoms with Gasteiger partial charge in [0.1, 0.15) is 5.82 Å². The van der Waals surface area contributed by atoms with Gasteiger partial charge in [-0.25, -0.2) is 0 Å². The van der Waals surface area contributed by atoms with Crippen molar-refractivity contribution in [2.24, 2.45) is 0 Å². The molecule has 8 nitrogen and oxygen atoms in total. The van der Waals surface area contributed by atoms with Crippen LogP contribution in [-0.2, 0) is 12.3 Å². The predicted molar refractivity (Wildman–Crippen MR) is 135 cm³/mol. The van der Waals surface area contributed by atoms with Crippen LogP contribution in [0.15, 0.2) is 96.2 Å². The smallest absolute Gasteiger partial charge is 0.232 e. The Morgan fingerprint density at radius 1 is 0.765 bits per heavy atom. The second-order valence-corrected chi connectivity index (χ2v) is 8.40. The number of nitrogens with zero attached hydrogens (tertiary/aromatic N) is 6. The second kappa shape index (κ2) is 10.1. The summed E-state index contributed by atoms with van der Waals surface area (Å²) in [5.41, 5.74) is 9.00. The third-order valence-corrected chi connectivity index (χ3v) is 5.95. The molecule has 0 bridgehead atoms. The van der Waals surface area contributed by atoms with Gasteiger partial charge in [-0.2, -0.15) is 15.0 Å². The lowest BCUT2D eigenvalue weighted by molar-refractivity contribution is 0.714. The van der Waals surface area contributed by atoms with E-state index in [9.17, 15) is 0 Å². The molecule has 5 aromatic rings. The fraction of sp³-hybridized carbons (Fsp3) is 0.0800. The highest BCUT2D eigenvalue weighted by Gasteiger charge is 2.16. The summed E-state index contributed by atoms with van der Waals surface area (Å²) in [5.74, 6) is 2.42. The van der Waals surface area contributed by atoms with E-state index in [1.807, 2.05) is 78.9 Å². The molecule has 0 aliphatic carbocycles. The van der Waals surface area contributed by atoms with Crippen molar-refractivity contribution in [2.45, 2.75) is 17.5 Å². The Hall–Kier alpha value is -4.24. The van der Waals surface area contributed by atoms with Crippen molar-refractivity contribution >= 4 is 29.3 Å². The van der Waals surface area contributed by atoms with E-state index in [1.54, 1.807) is 0 Å². The van der Waals surface area contributed by atoms with E-state index < -0.39 is 0 Å². The fourth-order valence-corrected chi connectivity index (χ4v) is 4.24. The van der Waals surface area contributed by atoms with Crippen molar-refractivity contribution in [1.29, 1.82) is 0 Å². The summed E-state index contributed by atoms with van der Waals surface area (Å²) in [7, 11) is 0. The third-order valence-electron chi connectivity index (χ3n) is 4.99. The molecule has 0 spiro atoms. The summed E-state index contributed by atoms with van der Waals surface area (Å²) in [6.45, 7) is 0.653. The highest BCUT2D eigenvalue weighted by atomic mass is 32.2. The van der Waals surface area contributed by atoms with Gasteiger partial charge in [0.15, 0.2) is 11.0 Å². The van der Waals surface area contributed by atoms with E-state index in [-0.39, 0.29) is 5.95 Å². The molecule has 168 valence electrons. The Labute approximate surface area is 201 Å². The van der Waals surface area contributed by atoms with Crippen molar-refractivity contribution in [3.8, 4) is 11.4 Å². The number of nitrogens with one attached hydrogen (secondary N) is 1. The first-order valence-electron chi connectivity index (χ1n) is 10.7. The average molecular weight is 467 g/mol. The molecule has 0 aliphatic rings. The Bertz CT molecular complexity index is 1360. The summed E-state index contributed by atoms with van der Waals surface area (Å²) < 4.78 is 2.11. The van der Waals surface area contributed by atoms with E-state index in [4.69, 9.17) is 5.73 Å². The second-order valence-electron chi connectivity index (χ2n) is 7.46. The van der Waals surface area contributed by atoms with Gasteiger partial charge in [0.05, 0.1) is 12.3 Å². The van der Waals surface area contributed by atoms with Crippen LogP contribution >= 0.6 is 11.8 Å². The fourth-order valence-electron chi connectivity index (χ4n) is 3.44. The van der Waals surface area contributed by atoms with Crippen LogP contribution < -0.4 is 11.1 Å². The van der Waals surface area contributed by atoms with Crippen molar-refractivity contribution in [1.82, 2.24) is 29.7 Å². The van der Waals surface area contributed by atoms with E-state index in [2.05, 4.69) is 47.2 Å². The third kappa shape index (κ3) is 5.21. The normalized spacial score (nSPS) is 10.8. The van der Waals surface area contributed by atoms with Gasteiger partial charge in [-0.05, 0) is 17.7 Å². The minimum Gasteiger partial charge on any atom is -0.368 e. The number of hydrogen-bond acceptors (Lipinski definition) is 8. The Morgan fingerprint density at radius 2 is 1.44 bits per heavy atom. The molecule has 0 atom stereocenters. The minimum absolute atomic E-state index is 0.166. The lowest BCUT2D eigenvalue weighted by Gasteiger charge is -2.11. The van der Waals surface area contributed by atoms with E-state index >= 15 is 0 Å². The number of para-hydroxylation sites is 1. The SMILES string of the molecule is Nc1nc(CSc2nnc(-c3ccccc3)n2Cc2ccccc2)nc(Nc2ccccc2)n1. The molecule has 5 rings (SSSR count). The van der Waals surface area contributed by atoms with Gasteiger partial charge in [0, 0.05) is 11.3 Å². The lowest BCUT2D eigenvalue weighted by Crippen LogP contribution is -2.07. The van der Waals surface area contributed by atoms with Crippen LogP contribution in [0, 0.1) is 0 Å². The van der Waals surface area contributed by atoms with Gasteiger partial charge in [-0.15, -0.1) is 10.2 Å². The number of rotatable bonds is 8. The van der Waals surface area contributed by atoms with E-state index in [1.165, 1.54) is 17.3 Å². The number of aromatic nitrogens is 6. The summed E-state index contributed by atoms with van der Waals surface area (Å²) in [6.07, 6.45) is 0. The van der Waals surface area contributed by atoms with Crippen LogP contribution in [0.2, 0.25) is 0 Å². The van der Waals surface area contributed by atoms with Crippen molar-refractivity contribution in [3.05, 3.63) is 102 Å². The molecule has 0 fully saturated rings. The molecule has 3 aromatic carbocycles. The highest BCUT2D eigenvalue weighted by molar-refractivity contribution is 7.98. The Kier molecular flexibility index (Phi) is 6.44. The molecule has 2 heterocycles. The van der Waals surface area contributed by atoms with Crippen molar-refractivity contribution < 1.29 is 0 Å². The van der Waals surface area contributed by atoms with E-state index in [0.717, 1.165) is 22.2 Å². The maximum atomic E-state index is 5.95. The van der Waals surface area contributed by atoms with Crippen LogP contribution in [0.4, 0.5) is 17.6 Å². The quantitative estimate of drug-likeness (QED) is 0.314. The molecular weight excluding hydrogens is 444 g/mol. The lowest BCUT2D eigenvalue weighted by atomic mass is 10.2. The summed E-state index contributed by atoms with van der Waals surface area (Å²) >= 11 is 1.51. The molecule has 0 saturated carbocycles. The molecule has 0 aliphatic heterocycles. The zero-order valence-electron chi connectivity index (χ0n) is 18.2. The van der Waals surface area contributed by atoms with Gasteiger partial charge in [-0.3, -0.25) is 4.57 Å². The topological polar surface area (TPSA) is 107 Å². The van der Waals surface area contributed by atoms with Crippen LogP contribution in [-0.4, -0.2) is 29.7 Å². The van der Waals surface area contributed by atoms with Gasteiger partial charge >= 0.3 is 0 Å². The van der Waals surface area contributed by atoms with Gasteiger partial charge in [-0.1, -0.05) is 90.6 Å². The summed E-state index contributed by atoms with van der Waals surface area (Å²) in [5, 5.41) is 12.9. The zero-order chi connectivity index (χ0) is 23.2. The first-order chi connectivity index (χ1) is 16.7. The first kappa shape index (κ1) is 21.6. The maximum Gasteiger partial charge on any atom is 0.232 e. The molecule has 0 radical (unpaired) electrons. The number of thioether (sulfide) groups is 1. The molecule has 2 aromatic heterocycles. The van der Waals surface area contributed by atoms with Gasteiger partial charge < -0.3 is 11.1 Å². The predicted octanol–water partition coefficient (Wildman–Crippen LogP) is 4.80. The molecule has 0 unspecified atom stereocenters. The van der Waals surface area contributed by atoms with Crippen LogP contribution in [0.5, 0.6) is 0 Å². The standard InChI is InChI=1S/C25H22N8S/c26-23-28-21(29-24(30-23)27-20-14-8-3-9-15-20)17-34-25-32-31-22(19-12-6-2-7-13-19)33(25)16-18-10-4-1-5-11-18/h1-15H,16-17H2,(H3,26,27,28,29,30).